The number of anilines is 1. The fourth-order valence-electron chi connectivity index (χ4n) is 3.42. The van der Waals surface area contributed by atoms with Gasteiger partial charge in [-0.2, -0.15) is 4.98 Å². The second kappa shape index (κ2) is 6.56. The minimum Gasteiger partial charge on any atom is -0.372 e. The maximum Gasteiger partial charge on any atom is 0.225 e. The van der Waals surface area contributed by atoms with E-state index in [1.807, 2.05) is 0 Å². The number of hydrogen-bond donors (Lipinski definition) is 0. The molecule has 0 aliphatic carbocycles. The number of benzene rings is 1. The van der Waals surface area contributed by atoms with Crippen molar-refractivity contribution >= 4 is 39.0 Å². The van der Waals surface area contributed by atoms with E-state index in [1.165, 1.54) is 16.7 Å². The van der Waals surface area contributed by atoms with Gasteiger partial charge < -0.3 is 9.64 Å². The Balaban J connectivity index is 1.88. The molecule has 0 bridgehead atoms. The molecule has 0 N–H and O–H groups in total. The molecule has 0 amide bonds. The second-order valence-corrected chi connectivity index (χ2v) is 7.87. The number of ether oxygens (including phenoxy) is 1. The van der Waals surface area contributed by atoms with Crippen molar-refractivity contribution in [3.63, 3.8) is 0 Å². The minimum atomic E-state index is 0.161. The Bertz CT molecular complexity index is 899. The predicted molar refractivity (Wildman–Crippen MR) is 105 cm³/mol. The number of thiophene rings is 1. The van der Waals surface area contributed by atoms with Crippen molar-refractivity contribution in [3.05, 3.63) is 40.5 Å². The summed E-state index contributed by atoms with van der Waals surface area (Å²) in [6.07, 6.45) is 0.322. The average molecular weight is 374 g/mol. The number of rotatable bonds is 2. The molecule has 6 heteroatoms. The number of aryl methyl sites for hydroxylation is 1. The molecule has 1 aliphatic rings. The first-order valence-corrected chi connectivity index (χ1v) is 9.69. The molecule has 3 heterocycles. The van der Waals surface area contributed by atoms with Crippen molar-refractivity contribution in [3.8, 4) is 11.1 Å². The van der Waals surface area contributed by atoms with Crippen molar-refractivity contribution in [2.45, 2.75) is 33.0 Å². The standard InChI is InChI=1S/C19H20ClN3OS/c1-11-4-6-14(7-5-11)15-10-25-18-16(15)17(21-19(20)22-18)23-8-12(2)24-13(3)9-23/h4-7,10,12-13H,8-9H2,1-3H3. The maximum atomic E-state index is 6.22. The first-order valence-electron chi connectivity index (χ1n) is 8.43. The second-order valence-electron chi connectivity index (χ2n) is 6.67. The van der Waals surface area contributed by atoms with Crippen LogP contribution in [0.3, 0.4) is 0 Å². The molecule has 2 unspecified atom stereocenters. The quantitative estimate of drug-likeness (QED) is 0.597. The SMILES string of the molecule is Cc1ccc(-c2csc3nc(Cl)nc(N4CC(C)OC(C)C4)c23)cc1. The van der Waals surface area contributed by atoms with E-state index in [2.05, 4.69) is 65.3 Å². The van der Waals surface area contributed by atoms with E-state index >= 15 is 0 Å². The van der Waals surface area contributed by atoms with Crippen LogP contribution in [-0.2, 0) is 4.74 Å². The van der Waals surface area contributed by atoms with Crippen LogP contribution in [0.5, 0.6) is 0 Å². The molecule has 1 fully saturated rings. The van der Waals surface area contributed by atoms with E-state index in [4.69, 9.17) is 16.3 Å². The van der Waals surface area contributed by atoms with Crippen LogP contribution in [0.1, 0.15) is 19.4 Å². The van der Waals surface area contributed by atoms with Gasteiger partial charge in [0.2, 0.25) is 5.28 Å². The highest BCUT2D eigenvalue weighted by atomic mass is 35.5. The van der Waals surface area contributed by atoms with Crippen molar-refractivity contribution in [2.75, 3.05) is 18.0 Å². The Morgan fingerprint density at radius 1 is 1.12 bits per heavy atom. The molecule has 0 spiro atoms. The highest BCUT2D eigenvalue weighted by Crippen LogP contribution is 2.39. The molecule has 3 aromatic rings. The van der Waals surface area contributed by atoms with Gasteiger partial charge in [-0.1, -0.05) is 29.8 Å². The van der Waals surface area contributed by atoms with Crippen LogP contribution in [0.2, 0.25) is 5.28 Å². The Kier molecular flexibility index (Phi) is 4.40. The first kappa shape index (κ1) is 16.8. The first-order chi connectivity index (χ1) is 12.0. The molecule has 1 aliphatic heterocycles. The molecule has 2 aromatic heterocycles. The third kappa shape index (κ3) is 3.24. The summed E-state index contributed by atoms with van der Waals surface area (Å²) in [7, 11) is 0. The van der Waals surface area contributed by atoms with Crippen LogP contribution in [-0.4, -0.2) is 35.3 Å². The van der Waals surface area contributed by atoms with E-state index < -0.39 is 0 Å². The van der Waals surface area contributed by atoms with Gasteiger partial charge >= 0.3 is 0 Å². The number of halogens is 1. The smallest absolute Gasteiger partial charge is 0.225 e. The average Bonchev–Trinajstić information content (AvgIpc) is 2.97. The molecule has 4 rings (SSSR count). The van der Waals surface area contributed by atoms with Crippen LogP contribution in [0, 0.1) is 6.92 Å². The lowest BCUT2D eigenvalue weighted by atomic mass is 10.0. The van der Waals surface area contributed by atoms with Crippen LogP contribution in [0.25, 0.3) is 21.3 Å². The molecule has 0 radical (unpaired) electrons. The molecule has 1 saturated heterocycles. The maximum absolute atomic E-state index is 6.22. The van der Waals surface area contributed by atoms with E-state index in [0.717, 1.165) is 29.1 Å². The fourth-order valence-corrected chi connectivity index (χ4v) is 4.58. The van der Waals surface area contributed by atoms with Gasteiger partial charge in [0.05, 0.1) is 17.6 Å². The lowest BCUT2D eigenvalue weighted by Crippen LogP contribution is -2.46. The molecule has 2 atom stereocenters. The number of fused-ring (bicyclic) bond motifs is 1. The summed E-state index contributed by atoms with van der Waals surface area (Å²) in [5.74, 6) is 0.911. The zero-order chi connectivity index (χ0) is 17.6. The van der Waals surface area contributed by atoms with Gasteiger partial charge in [0.15, 0.2) is 0 Å². The summed E-state index contributed by atoms with van der Waals surface area (Å²) < 4.78 is 5.87. The molecule has 0 saturated carbocycles. The number of hydrogen-bond acceptors (Lipinski definition) is 5. The lowest BCUT2D eigenvalue weighted by molar-refractivity contribution is -0.00537. The summed E-state index contributed by atoms with van der Waals surface area (Å²) in [4.78, 5) is 12.3. The normalized spacial score (nSPS) is 21.0. The molecule has 130 valence electrons. The van der Waals surface area contributed by atoms with Crippen LogP contribution < -0.4 is 4.90 Å². The Morgan fingerprint density at radius 2 is 1.80 bits per heavy atom. The molecule has 4 nitrogen and oxygen atoms in total. The van der Waals surface area contributed by atoms with Crippen LogP contribution in [0.15, 0.2) is 29.6 Å². The third-order valence-electron chi connectivity index (χ3n) is 4.47. The predicted octanol–water partition coefficient (Wildman–Crippen LogP) is 4.93. The van der Waals surface area contributed by atoms with Crippen molar-refractivity contribution < 1.29 is 4.74 Å². The fraction of sp³-hybridized carbons (Fsp3) is 0.368. The zero-order valence-corrected chi connectivity index (χ0v) is 16.1. The monoisotopic (exact) mass is 373 g/mol. The highest BCUT2D eigenvalue weighted by Gasteiger charge is 2.26. The summed E-state index contributed by atoms with van der Waals surface area (Å²) in [6.45, 7) is 7.89. The van der Waals surface area contributed by atoms with Gasteiger partial charge in [0, 0.05) is 24.0 Å². The largest absolute Gasteiger partial charge is 0.372 e. The molecule has 25 heavy (non-hydrogen) atoms. The van der Waals surface area contributed by atoms with E-state index in [-0.39, 0.29) is 12.2 Å². The van der Waals surface area contributed by atoms with Gasteiger partial charge in [-0.3, -0.25) is 0 Å². The van der Waals surface area contributed by atoms with Crippen LogP contribution in [0.4, 0.5) is 5.82 Å². The lowest BCUT2D eigenvalue weighted by Gasteiger charge is -2.36. The molecular weight excluding hydrogens is 354 g/mol. The Labute approximate surface area is 156 Å². The van der Waals surface area contributed by atoms with Gasteiger partial charge in [0.1, 0.15) is 10.6 Å². The van der Waals surface area contributed by atoms with Crippen LogP contribution >= 0.6 is 22.9 Å². The molecular formula is C19H20ClN3OS. The van der Waals surface area contributed by atoms with Gasteiger partial charge in [-0.25, -0.2) is 4.98 Å². The van der Waals surface area contributed by atoms with E-state index in [0.29, 0.717) is 5.28 Å². The van der Waals surface area contributed by atoms with E-state index in [9.17, 15) is 0 Å². The number of morpholine rings is 1. The number of nitrogens with zero attached hydrogens (tertiary/aromatic N) is 3. The summed E-state index contributed by atoms with van der Waals surface area (Å²) in [5, 5.41) is 3.53. The highest BCUT2D eigenvalue weighted by molar-refractivity contribution is 7.17. The molecule has 1 aromatic carbocycles. The topological polar surface area (TPSA) is 38.2 Å². The van der Waals surface area contributed by atoms with Gasteiger partial charge in [-0.05, 0) is 37.9 Å². The minimum absolute atomic E-state index is 0.161. The Morgan fingerprint density at radius 3 is 2.48 bits per heavy atom. The third-order valence-corrected chi connectivity index (χ3v) is 5.51. The zero-order valence-electron chi connectivity index (χ0n) is 14.5. The summed E-state index contributed by atoms with van der Waals surface area (Å²) in [6, 6.07) is 8.57. The van der Waals surface area contributed by atoms with E-state index in [1.54, 1.807) is 11.3 Å². The van der Waals surface area contributed by atoms with Gasteiger partial charge in [-0.15, -0.1) is 11.3 Å². The summed E-state index contributed by atoms with van der Waals surface area (Å²) in [5.41, 5.74) is 3.59. The van der Waals surface area contributed by atoms with Crippen molar-refractivity contribution in [1.29, 1.82) is 0 Å². The Hall–Kier alpha value is -1.69. The summed E-state index contributed by atoms with van der Waals surface area (Å²) >= 11 is 7.83. The van der Waals surface area contributed by atoms with Gasteiger partial charge in [0.25, 0.3) is 0 Å². The van der Waals surface area contributed by atoms with Crippen molar-refractivity contribution in [1.82, 2.24) is 9.97 Å². The number of aromatic nitrogens is 2. The van der Waals surface area contributed by atoms with Crippen molar-refractivity contribution in [2.24, 2.45) is 0 Å².